The molecule has 1 aliphatic rings. The van der Waals surface area contributed by atoms with Crippen molar-refractivity contribution in [2.45, 2.75) is 0 Å². The van der Waals surface area contributed by atoms with Crippen LogP contribution in [-0.2, 0) is 0 Å². The minimum absolute atomic E-state index is 0.606. The van der Waals surface area contributed by atoms with Crippen LogP contribution in [0.3, 0.4) is 0 Å². The molecular weight excluding hydrogens is 402 g/mol. The largest absolute Gasteiger partial charge is 0.397 e. The van der Waals surface area contributed by atoms with Crippen molar-refractivity contribution < 1.29 is 0 Å². The molecule has 0 amide bonds. The first-order valence-corrected chi connectivity index (χ1v) is 10.6. The average Bonchev–Trinajstić information content (AvgIpc) is 3.43. The van der Waals surface area contributed by atoms with Gasteiger partial charge in [0.05, 0.1) is 22.6 Å². The van der Waals surface area contributed by atoms with Gasteiger partial charge in [-0.3, -0.25) is 10.1 Å². The van der Waals surface area contributed by atoms with E-state index in [0.717, 1.165) is 70.9 Å². The SMILES string of the molecule is CN1CCN(c2ccnc3[nH]c(-c4n[nH]c5ccc(-c6cncc(N)c6)nc45)cc23)CC1. The highest BCUT2D eigenvalue weighted by atomic mass is 15.2. The number of aromatic nitrogens is 6. The summed E-state index contributed by atoms with van der Waals surface area (Å²) in [4.78, 5) is 21.8. The Morgan fingerprint density at radius 2 is 1.91 bits per heavy atom. The van der Waals surface area contributed by atoms with Gasteiger partial charge in [-0.2, -0.15) is 5.10 Å². The number of nitrogens with zero attached hydrogens (tertiary/aromatic N) is 6. The predicted molar refractivity (Wildman–Crippen MR) is 126 cm³/mol. The molecule has 6 heterocycles. The summed E-state index contributed by atoms with van der Waals surface area (Å²) in [5.41, 5.74) is 13.5. The smallest absolute Gasteiger partial charge is 0.139 e. The quantitative estimate of drug-likeness (QED) is 0.407. The van der Waals surface area contributed by atoms with E-state index < -0.39 is 0 Å². The van der Waals surface area contributed by atoms with Crippen LogP contribution in [0.2, 0.25) is 0 Å². The number of fused-ring (bicyclic) bond motifs is 2. The third-order valence-electron chi connectivity index (χ3n) is 6.07. The van der Waals surface area contributed by atoms with Gasteiger partial charge in [-0.25, -0.2) is 9.97 Å². The first-order chi connectivity index (χ1) is 15.7. The number of likely N-dealkylation sites (N-methyl/N-ethyl adjacent to an activating group) is 1. The third kappa shape index (κ3) is 3.14. The van der Waals surface area contributed by atoms with E-state index in [1.54, 1.807) is 12.4 Å². The highest BCUT2D eigenvalue weighted by Crippen LogP contribution is 2.33. The Kier molecular flexibility index (Phi) is 4.29. The molecule has 160 valence electrons. The van der Waals surface area contributed by atoms with Crippen LogP contribution in [0, 0.1) is 0 Å². The standard InChI is InChI=1S/C23H23N9/c1-31-6-8-32(9-7-31)20-4-5-26-23-16(20)11-19(28-23)22-21-18(29-30-22)3-2-17(27-21)14-10-15(24)13-25-12-14/h2-5,10-13H,6-9,24H2,1H3,(H,26,28)(H,29,30). The van der Waals surface area contributed by atoms with Crippen molar-refractivity contribution in [3.63, 3.8) is 0 Å². The van der Waals surface area contributed by atoms with Crippen molar-refractivity contribution in [1.82, 2.24) is 35.0 Å². The molecule has 0 spiro atoms. The molecule has 0 bridgehead atoms. The van der Waals surface area contributed by atoms with Gasteiger partial charge in [-0.15, -0.1) is 0 Å². The molecule has 1 saturated heterocycles. The number of H-pyrrole nitrogens is 2. The van der Waals surface area contributed by atoms with Crippen LogP contribution < -0.4 is 10.6 Å². The molecule has 5 aromatic heterocycles. The molecule has 0 radical (unpaired) electrons. The molecule has 0 unspecified atom stereocenters. The van der Waals surface area contributed by atoms with Gasteiger partial charge in [0.15, 0.2) is 0 Å². The molecule has 1 aliphatic heterocycles. The fourth-order valence-electron chi connectivity index (χ4n) is 4.31. The number of anilines is 2. The Labute approximate surface area is 184 Å². The Bertz CT molecular complexity index is 1430. The van der Waals surface area contributed by atoms with E-state index >= 15 is 0 Å². The van der Waals surface area contributed by atoms with Crippen LogP contribution in [0.5, 0.6) is 0 Å². The van der Waals surface area contributed by atoms with Gasteiger partial charge in [0.25, 0.3) is 0 Å². The second-order valence-electron chi connectivity index (χ2n) is 8.24. The number of nitrogens with one attached hydrogen (secondary N) is 2. The Balaban J connectivity index is 1.44. The summed E-state index contributed by atoms with van der Waals surface area (Å²) in [5.74, 6) is 0. The number of piperazine rings is 1. The lowest BCUT2D eigenvalue weighted by atomic mass is 10.1. The molecule has 4 N–H and O–H groups in total. The van der Waals surface area contributed by atoms with E-state index in [4.69, 9.17) is 10.7 Å². The second-order valence-corrected chi connectivity index (χ2v) is 8.24. The molecule has 32 heavy (non-hydrogen) atoms. The number of aromatic amines is 2. The highest BCUT2D eigenvalue weighted by molar-refractivity contribution is 5.97. The summed E-state index contributed by atoms with van der Waals surface area (Å²) in [6.07, 6.45) is 5.25. The minimum atomic E-state index is 0.606. The molecule has 5 aromatic rings. The molecule has 0 saturated carbocycles. The normalized spacial score (nSPS) is 15.1. The Morgan fingerprint density at radius 3 is 2.75 bits per heavy atom. The van der Waals surface area contributed by atoms with Crippen LogP contribution >= 0.6 is 0 Å². The molecule has 9 nitrogen and oxygen atoms in total. The van der Waals surface area contributed by atoms with Crippen molar-refractivity contribution in [3.8, 4) is 22.6 Å². The van der Waals surface area contributed by atoms with Crippen molar-refractivity contribution in [2.75, 3.05) is 43.9 Å². The monoisotopic (exact) mass is 425 g/mol. The first-order valence-electron chi connectivity index (χ1n) is 10.6. The fraction of sp³-hybridized carbons (Fsp3) is 0.217. The van der Waals surface area contributed by atoms with E-state index in [9.17, 15) is 0 Å². The molecule has 1 fully saturated rings. The maximum atomic E-state index is 5.91. The van der Waals surface area contributed by atoms with Gasteiger partial charge < -0.3 is 20.5 Å². The van der Waals surface area contributed by atoms with Gasteiger partial charge in [0.1, 0.15) is 16.9 Å². The number of rotatable bonds is 3. The molecule has 0 atom stereocenters. The highest BCUT2D eigenvalue weighted by Gasteiger charge is 2.19. The zero-order valence-electron chi connectivity index (χ0n) is 17.7. The van der Waals surface area contributed by atoms with Crippen LogP contribution in [0.25, 0.3) is 44.7 Å². The van der Waals surface area contributed by atoms with Crippen LogP contribution in [0.15, 0.2) is 48.9 Å². The van der Waals surface area contributed by atoms with Crippen LogP contribution in [0.1, 0.15) is 0 Å². The summed E-state index contributed by atoms with van der Waals surface area (Å²) in [6, 6.07) is 10.0. The summed E-state index contributed by atoms with van der Waals surface area (Å²) in [5, 5.41) is 8.75. The Hall–Kier alpha value is -3.98. The fourth-order valence-corrected chi connectivity index (χ4v) is 4.31. The van der Waals surface area contributed by atoms with Crippen LogP contribution in [0.4, 0.5) is 11.4 Å². The first kappa shape index (κ1) is 18.8. The summed E-state index contributed by atoms with van der Waals surface area (Å²) in [7, 11) is 2.16. The van der Waals surface area contributed by atoms with E-state index in [1.165, 1.54) is 5.69 Å². The van der Waals surface area contributed by atoms with E-state index in [1.807, 2.05) is 24.4 Å². The van der Waals surface area contributed by atoms with Crippen molar-refractivity contribution in [3.05, 3.63) is 48.9 Å². The lowest BCUT2D eigenvalue weighted by molar-refractivity contribution is 0.313. The predicted octanol–water partition coefficient (Wildman–Crippen LogP) is 2.90. The van der Waals surface area contributed by atoms with Crippen molar-refractivity contribution in [2.24, 2.45) is 0 Å². The second kappa shape index (κ2) is 7.31. The number of hydrogen-bond donors (Lipinski definition) is 3. The summed E-state index contributed by atoms with van der Waals surface area (Å²) in [6.45, 7) is 4.11. The van der Waals surface area contributed by atoms with Gasteiger partial charge in [-0.1, -0.05) is 0 Å². The number of nitrogens with two attached hydrogens (primary N) is 1. The van der Waals surface area contributed by atoms with Crippen molar-refractivity contribution in [1.29, 1.82) is 0 Å². The van der Waals surface area contributed by atoms with Crippen LogP contribution in [-0.4, -0.2) is 68.3 Å². The number of hydrogen-bond acceptors (Lipinski definition) is 7. The lowest BCUT2D eigenvalue weighted by Gasteiger charge is -2.34. The summed E-state index contributed by atoms with van der Waals surface area (Å²) < 4.78 is 0. The van der Waals surface area contributed by atoms with E-state index in [2.05, 4.69) is 54.1 Å². The van der Waals surface area contributed by atoms with E-state index in [-0.39, 0.29) is 0 Å². The molecule has 0 aliphatic carbocycles. The summed E-state index contributed by atoms with van der Waals surface area (Å²) >= 11 is 0. The molecule has 6 rings (SSSR count). The maximum absolute atomic E-state index is 5.91. The van der Waals surface area contributed by atoms with Gasteiger partial charge in [0.2, 0.25) is 0 Å². The lowest BCUT2D eigenvalue weighted by Crippen LogP contribution is -2.44. The third-order valence-corrected chi connectivity index (χ3v) is 6.07. The molecule has 9 heteroatoms. The molecular formula is C23H23N9. The minimum Gasteiger partial charge on any atom is -0.397 e. The van der Waals surface area contributed by atoms with Gasteiger partial charge in [-0.05, 0) is 37.4 Å². The van der Waals surface area contributed by atoms with E-state index in [0.29, 0.717) is 5.69 Å². The Morgan fingerprint density at radius 1 is 1.03 bits per heavy atom. The topological polar surface area (TPSA) is 116 Å². The van der Waals surface area contributed by atoms with Crippen molar-refractivity contribution >= 4 is 33.4 Å². The zero-order valence-corrected chi connectivity index (χ0v) is 17.7. The number of pyridine rings is 3. The molecule has 0 aromatic carbocycles. The average molecular weight is 426 g/mol. The number of nitrogen functional groups attached to an aromatic ring is 1. The van der Waals surface area contributed by atoms with Gasteiger partial charge >= 0.3 is 0 Å². The van der Waals surface area contributed by atoms with Gasteiger partial charge in [0, 0.05) is 61.4 Å². The zero-order chi connectivity index (χ0) is 21.7. The maximum Gasteiger partial charge on any atom is 0.139 e.